The van der Waals surface area contributed by atoms with Crippen molar-refractivity contribution in [1.82, 2.24) is 20.3 Å². The summed E-state index contributed by atoms with van der Waals surface area (Å²) in [5, 5.41) is 7.93. The first-order valence-corrected chi connectivity index (χ1v) is 15.3. The number of carbonyl (C=O) groups is 1. The van der Waals surface area contributed by atoms with Crippen molar-refractivity contribution in [2.45, 2.75) is 44.0 Å². The zero-order valence-corrected chi connectivity index (χ0v) is 24.5. The molecule has 3 aromatic heterocycles. The lowest BCUT2D eigenvalue weighted by Crippen LogP contribution is -2.45. The maximum absolute atomic E-state index is 13.4. The summed E-state index contributed by atoms with van der Waals surface area (Å²) in [5.74, 6) is 2.25. The fourth-order valence-electron chi connectivity index (χ4n) is 7.77. The molecule has 10 heteroatoms. The molecule has 3 aromatic carbocycles. The highest BCUT2D eigenvalue weighted by atomic mass is 16.5. The van der Waals surface area contributed by atoms with Crippen LogP contribution in [0.1, 0.15) is 48.2 Å². The highest BCUT2D eigenvalue weighted by molar-refractivity contribution is 6.07. The van der Waals surface area contributed by atoms with E-state index in [1.807, 2.05) is 32.2 Å². The maximum Gasteiger partial charge on any atom is 0.249 e. The molecule has 0 saturated carbocycles. The van der Waals surface area contributed by atoms with Crippen molar-refractivity contribution in [1.29, 1.82) is 0 Å². The van der Waals surface area contributed by atoms with Crippen LogP contribution in [0.5, 0.6) is 5.75 Å². The van der Waals surface area contributed by atoms with Crippen LogP contribution in [0, 0.1) is 5.92 Å². The van der Waals surface area contributed by atoms with Crippen LogP contribution in [0.4, 0.5) is 5.69 Å². The Labute approximate surface area is 257 Å². The fourth-order valence-corrected chi connectivity index (χ4v) is 7.77. The number of rotatable bonds is 1. The van der Waals surface area contributed by atoms with Crippen molar-refractivity contribution in [2.75, 3.05) is 5.32 Å². The van der Waals surface area contributed by atoms with E-state index in [0.717, 1.165) is 55.7 Å². The number of amides is 1. The van der Waals surface area contributed by atoms with Gasteiger partial charge < -0.3 is 34.9 Å². The highest BCUT2D eigenvalue weighted by Crippen LogP contribution is 2.61. The number of H-pyrrole nitrogens is 1. The van der Waals surface area contributed by atoms with Gasteiger partial charge in [-0.3, -0.25) is 4.79 Å². The van der Waals surface area contributed by atoms with Crippen LogP contribution in [-0.4, -0.2) is 33.1 Å². The minimum atomic E-state index is -0.950. The zero-order valence-electron chi connectivity index (χ0n) is 24.5. The Morgan fingerprint density at radius 1 is 1.00 bits per heavy atom. The van der Waals surface area contributed by atoms with E-state index in [-0.39, 0.29) is 11.8 Å². The SMILES string of the molecule is CC(C)C1NC(=O)[C@@H](N)Cc2ccc3c(c2)C24c5cccc(c5N[C@H]2O3)-c2cccc3[nH]cc(c23)-c2cnc(o2)-c2nc1oc24. The number of nitrogens with one attached hydrogen (secondary N) is 3. The Balaban J connectivity index is 1.39. The van der Waals surface area contributed by atoms with E-state index in [0.29, 0.717) is 35.4 Å². The molecule has 1 spiro atoms. The van der Waals surface area contributed by atoms with Crippen LogP contribution in [0.3, 0.4) is 0 Å². The summed E-state index contributed by atoms with van der Waals surface area (Å²) < 4.78 is 20.2. The quantitative estimate of drug-likeness (QED) is 0.191. The Morgan fingerprint density at radius 2 is 1.87 bits per heavy atom. The number of anilines is 1. The Bertz CT molecular complexity index is 2240. The number of benzene rings is 3. The lowest BCUT2D eigenvalue weighted by atomic mass is 9.72. The van der Waals surface area contributed by atoms with Crippen LogP contribution in [0.15, 0.2) is 75.8 Å². The normalized spacial score (nSPS) is 23.6. The number of aromatic amines is 1. The molecular formula is C35H28N6O4. The van der Waals surface area contributed by atoms with E-state index in [4.69, 9.17) is 29.3 Å². The molecule has 10 nitrogen and oxygen atoms in total. The second-order valence-electron chi connectivity index (χ2n) is 12.7. The number of hydrogen-bond donors (Lipinski definition) is 4. The van der Waals surface area contributed by atoms with Gasteiger partial charge in [0.25, 0.3) is 0 Å². The van der Waals surface area contributed by atoms with Gasteiger partial charge in [0.15, 0.2) is 23.4 Å². The fraction of sp³-hybridized carbons (Fsp3) is 0.229. The zero-order chi connectivity index (χ0) is 30.2. The smallest absolute Gasteiger partial charge is 0.249 e. The van der Waals surface area contributed by atoms with E-state index in [1.54, 1.807) is 6.20 Å². The van der Waals surface area contributed by atoms with Crippen LogP contribution < -0.4 is 21.1 Å². The molecule has 6 aromatic rings. The van der Waals surface area contributed by atoms with Crippen molar-refractivity contribution in [3.8, 4) is 39.8 Å². The second-order valence-corrected chi connectivity index (χ2v) is 12.7. The summed E-state index contributed by atoms with van der Waals surface area (Å²) in [5.41, 5.74) is 13.8. The standard InChI is InChI=1S/C35H28N6O4/c1-15(2)27-33-40-29-30(45-33)35-20-7-3-6-18(17-5-4-8-23-26(17)19(13-37-23)25-14-38-32(29)43-25)28(20)41-34(35)44-24-10-9-16(11-21(24)35)12-22(36)31(42)39-27/h3-11,13-15,22,27,34,37,41H,12,36H2,1-2H3,(H,39,42)/t22-,27?,34-,35?/m0/s1. The van der Waals surface area contributed by atoms with Crippen molar-refractivity contribution in [2.24, 2.45) is 11.7 Å². The van der Waals surface area contributed by atoms with Gasteiger partial charge in [0.2, 0.25) is 17.7 Å². The van der Waals surface area contributed by atoms with Gasteiger partial charge >= 0.3 is 0 Å². The Morgan fingerprint density at radius 3 is 2.76 bits per heavy atom. The number of aromatic nitrogens is 3. The van der Waals surface area contributed by atoms with Gasteiger partial charge in [-0.05, 0) is 35.6 Å². The van der Waals surface area contributed by atoms with E-state index in [9.17, 15) is 4.79 Å². The molecule has 0 radical (unpaired) electrons. The number of hydrogen-bond acceptors (Lipinski definition) is 8. The first-order valence-electron chi connectivity index (χ1n) is 15.3. The van der Waals surface area contributed by atoms with Gasteiger partial charge in [0.05, 0.1) is 12.2 Å². The van der Waals surface area contributed by atoms with Crippen LogP contribution in [-0.2, 0) is 16.6 Å². The van der Waals surface area contributed by atoms with Gasteiger partial charge in [-0.15, -0.1) is 0 Å². The highest BCUT2D eigenvalue weighted by Gasteiger charge is 2.61. The minimum absolute atomic E-state index is 0.0459. The average Bonchev–Trinajstić information content (AvgIpc) is 3.84. The number of carbonyl (C=O) groups excluding carboxylic acids is 1. The number of para-hydroxylation sites is 1. The third kappa shape index (κ3) is 3.09. The molecule has 0 aliphatic carbocycles. The van der Waals surface area contributed by atoms with E-state index < -0.39 is 23.7 Å². The van der Waals surface area contributed by atoms with E-state index >= 15 is 0 Å². The van der Waals surface area contributed by atoms with Crippen LogP contribution in [0.25, 0.3) is 44.9 Å². The topological polar surface area (TPSA) is 144 Å². The largest absolute Gasteiger partial charge is 0.469 e. The molecule has 7 heterocycles. The summed E-state index contributed by atoms with van der Waals surface area (Å²) in [6.07, 6.45) is 3.51. The molecule has 5 N–H and O–H groups in total. The molecule has 4 aliphatic rings. The molecule has 10 rings (SSSR count). The lowest BCUT2D eigenvalue weighted by molar-refractivity contribution is -0.123. The molecule has 2 unspecified atom stereocenters. The van der Waals surface area contributed by atoms with Crippen LogP contribution in [0.2, 0.25) is 0 Å². The third-order valence-electron chi connectivity index (χ3n) is 9.87. The second kappa shape index (κ2) is 8.42. The van der Waals surface area contributed by atoms with Gasteiger partial charge in [-0.2, -0.15) is 0 Å². The average molecular weight is 597 g/mol. The first kappa shape index (κ1) is 25.0. The first-order chi connectivity index (χ1) is 21.9. The maximum atomic E-state index is 13.4. The van der Waals surface area contributed by atoms with Gasteiger partial charge in [0.1, 0.15) is 17.2 Å². The summed E-state index contributed by atoms with van der Waals surface area (Å²) in [4.78, 5) is 26.7. The minimum Gasteiger partial charge on any atom is -0.469 e. The van der Waals surface area contributed by atoms with E-state index in [2.05, 4.69) is 58.1 Å². The molecule has 4 aliphatic heterocycles. The van der Waals surface area contributed by atoms with Crippen LogP contribution >= 0.6 is 0 Å². The summed E-state index contributed by atoms with van der Waals surface area (Å²) in [6, 6.07) is 17.3. The molecule has 45 heavy (non-hydrogen) atoms. The molecule has 0 fully saturated rings. The number of fused-ring (bicyclic) bond motifs is 7. The summed E-state index contributed by atoms with van der Waals surface area (Å²) in [6.45, 7) is 4.04. The van der Waals surface area contributed by atoms with Crippen molar-refractivity contribution < 1.29 is 18.4 Å². The molecule has 222 valence electrons. The van der Waals surface area contributed by atoms with Crippen molar-refractivity contribution in [3.05, 3.63) is 95.3 Å². The molecule has 4 atom stereocenters. The number of nitrogens with two attached hydrogens (primary N) is 1. The van der Waals surface area contributed by atoms with Gasteiger partial charge in [0, 0.05) is 45.0 Å². The number of nitrogens with zero attached hydrogens (tertiary/aromatic N) is 2. The number of oxazole rings is 2. The van der Waals surface area contributed by atoms with Crippen molar-refractivity contribution in [3.63, 3.8) is 0 Å². The summed E-state index contributed by atoms with van der Waals surface area (Å²) in [7, 11) is 0. The Kier molecular flexibility index (Phi) is 4.68. The molecular weight excluding hydrogens is 568 g/mol. The van der Waals surface area contributed by atoms with Gasteiger partial charge in [-0.1, -0.05) is 56.3 Å². The van der Waals surface area contributed by atoms with Crippen molar-refractivity contribution >= 4 is 22.5 Å². The predicted octanol–water partition coefficient (Wildman–Crippen LogP) is 5.63. The lowest BCUT2D eigenvalue weighted by Gasteiger charge is -2.28. The van der Waals surface area contributed by atoms with Gasteiger partial charge in [-0.25, -0.2) is 9.97 Å². The molecule has 10 bridgehead atoms. The summed E-state index contributed by atoms with van der Waals surface area (Å²) >= 11 is 0. The number of ether oxygens (including phenoxy) is 1. The molecule has 1 amide bonds. The predicted molar refractivity (Wildman–Crippen MR) is 166 cm³/mol. The van der Waals surface area contributed by atoms with E-state index in [1.165, 1.54) is 0 Å². The third-order valence-corrected chi connectivity index (χ3v) is 9.87. The monoisotopic (exact) mass is 596 g/mol. The Hall–Kier alpha value is -5.35. The molecule has 0 saturated heterocycles.